The smallest absolute Gasteiger partial charge is 0.362 e. The lowest BCUT2D eigenvalue weighted by molar-refractivity contribution is -0.887. The first-order valence-corrected chi connectivity index (χ1v) is 27.2. The van der Waals surface area contributed by atoms with E-state index in [1.54, 1.807) is 0 Å². The van der Waals surface area contributed by atoms with Gasteiger partial charge in [0.25, 0.3) is 0 Å². The van der Waals surface area contributed by atoms with Crippen LogP contribution in [0.1, 0.15) is 271 Å². The Balaban J connectivity index is 4.17. The van der Waals surface area contributed by atoms with Crippen molar-refractivity contribution in [3.05, 3.63) is 12.2 Å². The molecule has 8 heteroatoms. The minimum absolute atomic E-state index is 0.0447. The lowest BCUT2D eigenvalue weighted by Crippen LogP contribution is -2.50. The maximum absolute atomic E-state index is 12.8. The Labute approximate surface area is 390 Å². The molecular formula is C55H106NO7+. The molecule has 0 rings (SSSR count). The fourth-order valence-corrected chi connectivity index (χ4v) is 8.44. The molecule has 0 aromatic carbocycles. The number of carboxylic acid groups (broad SMARTS) is 1. The first kappa shape index (κ1) is 61.1. The zero-order chi connectivity index (χ0) is 46.3. The molecule has 0 aliphatic heterocycles. The Kier molecular flexibility index (Phi) is 45.2. The second kappa shape index (κ2) is 46.6. The van der Waals surface area contributed by atoms with Gasteiger partial charge in [-0.05, 0) is 38.5 Å². The number of esters is 2. The molecule has 0 fully saturated rings. The molecule has 0 bridgehead atoms. The van der Waals surface area contributed by atoms with Gasteiger partial charge in [-0.15, -0.1) is 0 Å². The first-order chi connectivity index (χ1) is 30.6. The Morgan fingerprint density at radius 3 is 1.14 bits per heavy atom. The van der Waals surface area contributed by atoms with E-state index in [2.05, 4.69) is 26.0 Å². The number of nitrogens with zero attached hydrogens (tertiary/aromatic N) is 1. The molecule has 0 aromatic rings. The van der Waals surface area contributed by atoms with Gasteiger partial charge in [-0.2, -0.15) is 0 Å². The lowest BCUT2D eigenvalue weighted by Gasteiger charge is -2.31. The molecule has 0 amide bonds. The summed E-state index contributed by atoms with van der Waals surface area (Å²) in [7, 11) is 5.55. The van der Waals surface area contributed by atoms with Crippen molar-refractivity contribution in [2.45, 2.75) is 283 Å². The van der Waals surface area contributed by atoms with Crippen molar-refractivity contribution in [2.24, 2.45) is 0 Å². The van der Waals surface area contributed by atoms with Gasteiger partial charge in [0.1, 0.15) is 6.61 Å². The predicted octanol–water partition coefficient (Wildman–Crippen LogP) is 15.8. The fraction of sp³-hybridized carbons (Fsp3) is 0.909. The number of unbranched alkanes of at least 4 members (excludes halogenated alkanes) is 34. The van der Waals surface area contributed by atoms with Crippen LogP contribution in [0.4, 0.5) is 0 Å². The highest BCUT2D eigenvalue weighted by Gasteiger charge is 2.31. The Hall–Kier alpha value is -1.93. The molecule has 0 heterocycles. The summed E-state index contributed by atoms with van der Waals surface area (Å²) in [4.78, 5) is 37.2. The zero-order valence-electron chi connectivity index (χ0n) is 42.6. The molecule has 0 radical (unpaired) electrons. The largest absolute Gasteiger partial charge is 0.477 e. The van der Waals surface area contributed by atoms with E-state index in [1.165, 1.54) is 199 Å². The quantitative estimate of drug-likeness (QED) is 0.0281. The van der Waals surface area contributed by atoms with E-state index in [4.69, 9.17) is 14.2 Å². The van der Waals surface area contributed by atoms with Crippen molar-refractivity contribution in [3.8, 4) is 0 Å². The highest BCUT2D eigenvalue weighted by molar-refractivity contribution is 5.72. The fourth-order valence-electron chi connectivity index (χ4n) is 8.44. The summed E-state index contributed by atoms with van der Waals surface area (Å²) in [5, 5.41) is 9.66. The molecule has 2 atom stereocenters. The van der Waals surface area contributed by atoms with Crippen molar-refractivity contribution in [2.75, 3.05) is 41.0 Å². The lowest BCUT2D eigenvalue weighted by atomic mass is 10.0. The molecule has 372 valence electrons. The van der Waals surface area contributed by atoms with Gasteiger partial charge in [0.2, 0.25) is 0 Å². The van der Waals surface area contributed by atoms with Gasteiger partial charge < -0.3 is 23.8 Å². The van der Waals surface area contributed by atoms with E-state index in [0.29, 0.717) is 19.3 Å². The van der Waals surface area contributed by atoms with Crippen molar-refractivity contribution in [1.82, 2.24) is 0 Å². The molecule has 0 aliphatic rings. The molecule has 2 unspecified atom stereocenters. The third-order valence-corrected chi connectivity index (χ3v) is 12.7. The highest BCUT2D eigenvalue weighted by atomic mass is 16.6. The molecule has 8 nitrogen and oxygen atoms in total. The van der Waals surface area contributed by atoms with Gasteiger partial charge in [0.05, 0.1) is 34.4 Å². The van der Waals surface area contributed by atoms with Crippen LogP contribution >= 0.6 is 0 Å². The topological polar surface area (TPSA) is 99.1 Å². The van der Waals surface area contributed by atoms with E-state index < -0.39 is 18.1 Å². The molecule has 0 saturated heterocycles. The van der Waals surface area contributed by atoms with Crippen molar-refractivity contribution < 1.29 is 38.2 Å². The van der Waals surface area contributed by atoms with Crippen LogP contribution in [0.15, 0.2) is 12.2 Å². The Morgan fingerprint density at radius 1 is 0.460 bits per heavy atom. The minimum atomic E-state index is -0.870. The van der Waals surface area contributed by atoms with Crippen molar-refractivity contribution in [3.63, 3.8) is 0 Å². The third kappa shape index (κ3) is 45.0. The third-order valence-electron chi connectivity index (χ3n) is 12.7. The number of aliphatic carboxylic acids is 1. The van der Waals surface area contributed by atoms with Crippen molar-refractivity contribution >= 4 is 17.9 Å². The first-order valence-electron chi connectivity index (χ1n) is 27.2. The van der Waals surface area contributed by atoms with Crippen LogP contribution in [-0.4, -0.2) is 80.6 Å². The van der Waals surface area contributed by atoms with Gasteiger partial charge in [-0.25, -0.2) is 4.79 Å². The standard InChI is InChI=1S/C55H105NO7/c1-6-8-10-12-14-16-18-20-22-24-26-28-29-31-33-35-37-39-41-43-45-53(57)62-50-51(49-61-48-47-52(55(59)60)56(3,4)5)63-54(58)46-44-42-40-38-36-34-32-30-27-25-23-21-19-17-15-13-11-9-7-2/h21,23,51-52H,6-20,22,24-50H2,1-5H3/p+1/b23-21-. The summed E-state index contributed by atoms with van der Waals surface area (Å²) >= 11 is 0. The number of carbonyl (C=O) groups excluding carboxylic acids is 2. The molecule has 0 aromatic heterocycles. The molecule has 63 heavy (non-hydrogen) atoms. The highest BCUT2D eigenvalue weighted by Crippen LogP contribution is 2.17. The Morgan fingerprint density at radius 2 is 0.794 bits per heavy atom. The molecule has 0 spiro atoms. The van der Waals surface area contributed by atoms with Gasteiger partial charge in [-0.1, -0.05) is 225 Å². The average Bonchev–Trinajstić information content (AvgIpc) is 3.24. The number of hydrogen-bond acceptors (Lipinski definition) is 6. The van der Waals surface area contributed by atoms with E-state index in [0.717, 1.165) is 38.5 Å². The summed E-state index contributed by atoms with van der Waals surface area (Å²) in [6.45, 7) is 4.79. The van der Waals surface area contributed by atoms with Gasteiger partial charge >= 0.3 is 17.9 Å². The number of likely N-dealkylation sites (N-methyl/N-ethyl adjacent to an activating group) is 1. The number of carboxylic acids is 1. The normalized spacial score (nSPS) is 12.8. The van der Waals surface area contributed by atoms with Crippen LogP contribution < -0.4 is 0 Å². The zero-order valence-corrected chi connectivity index (χ0v) is 42.6. The van der Waals surface area contributed by atoms with Crippen LogP contribution in [0.2, 0.25) is 0 Å². The van der Waals surface area contributed by atoms with E-state index >= 15 is 0 Å². The summed E-state index contributed by atoms with van der Waals surface area (Å²) in [6, 6.07) is -0.611. The number of hydrogen-bond donors (Lipinski definition) is 1. The van der Waals surface area contributed by atoms with Crippen LogP contribution in [0.25, 0.3) is 0 Å². The molecule has 0 aliphatic carbocycles. The minimum Gasteiger partial charge on any atom is -0.477 e. The number of quaternary nitrogens is 1. The summed E-state index contributed by atoms with van der Waals surface area (Å²) in [6.07, 6.45) is 52.6. The van der Waals surface area contributed by atoms with Gasteiger partial charge in [0.15, 0.2) is 12.1 Å². The molecular weight excluding hydrogens is 787 g/mol. The SMILES string of the molecule is CCCCCCCC/C=C\CCCCCCCCCCCC(=O)OC(COCCC(C(=O)O)[N+](C)(C)C)COC(=O)CCCCCCCCCCCCCCCCCCCCCC. The van der Waals surface area contributed by atoms with Gasteiger partial charge in [-0.3, -0.25) is 9.59 Å². The van der Waals surface area contributed by atoms with Crippen LogP contribution in [0.3, 0.4) is 0 Å². The second-order valence-corrected chi connectivity index (χ2v) is 19.8. The second-order valence-electron chi connectivity index (χ2n) is 19.8. The summed E-state index contributed by atoms with van der Waals surface area (Å²) in [5.74, 6) is -1.44. The number of allylic oxidation sites excluding steroid dienone is 2. The van der Waals surface area contributed by atoms with E-state index in [1.807, 2.05) is 21.1 Å². The summed E-state index contributed by atoms with van der Waals surface area (Å²) < 4.78 is 17.4. The van der Waals surface area contributed by atoms with Crippen LogP contribution in [0.5, 0.6) is 0 Å². The van der Waals surface area contributed by atoms with E-state index in [-0.39, 0.29) is 36.2 Å². The Bertz CT molecular complexity index is 1040. The maximum Gasteiger partial charge on any atom is 0.362 e. The monoisotopic (exact) mass is 893 g/mol. The maximum atomic E-state index is 12.8. The van der Waals surface area contributed by atoms with Gasteiger partial charge in [0, 0.05) is 19.3 Å². The predicted molar refractivity (Wildman–Crippen MR) is 266 cm³/mol. The summed E-state index contributed by atoms with van der Waals surface area (Å²) in [5.41, 5.74) is 0. The van der Waals surface area contributed by atoms with E-state index in [9.17, 15) is 19.5 Å². The average molecular weight is 893 g/mol. The van der Waals surface area contributed by atoms with Crippen LogP contribution in [-0.2, 0) is 28.6 Å². The van der Waals surface area contributed by atoms with Crippen LogP contribution in [0, 0.1) is 0 Å². The van der Waals surface area contributed by atoms with Crippen molar-refractivity contribution in [1.29, 1.82) is 0 Å². The number of carbonyl (C=O) groups is 3. The molecule has 0 saturated carbocycles. The number of rotatable bonds is 50. The number of ether oxygens (including phenoxy) is 3. The molecule has 1 N–H and O–H groups in total.